The highest BCUT2D eigenvalue weighted by Crippen LogP contribution is 2.23. The fraction of sp³-hybridized carbons (Fsp3) is 0.182. The fourth-order valence-electron chi connectivity index (χ4n) is 1.56. The normalized spacial score (nSPS) is 11.2. The second-order valence-electron chi connectivity index (χ2n) is 3.83. The molecule has 3 aromatic rings. The summed E-state index contributed by atoms with van der Waals surface area (Å²) in [4.78, 5) is 8.57. The molecule has 0 saturated heterocycles. The molecule has 0 saturated carbocycles. The summed E-state index contributed by atoms with van der Waals surface area (Å²) in [6, 6.07) is 5.42. The van der Waals surface area contributed by atoms with Gasteiger partial charge in [0.2, 0.25) is 11.0 Å². The molecule has 0 aliphatic rings. The predicted octanol–water partition coefficient (Wildman–Crippen LogP) is 2.13. The number of anilines is 1. The summed E-state index contributed by atoms with van der Waals surface area (Å²) in [5.74, 6) is 2.03. The Morgan fingerprint density at radius 1 is 1.39 bits per heavy atom. The summed E-state index contributed by atoms with van der Waals surface area (Å²) in [7, 11) is 0. The maximum absolute atomic E-state index is 5.68. The van der Waals surface area contributed by atoms with Crippen molar-refractivity contribution in [1.29, 1.82) is 0 Å². The van der Waals surface area contributed by atoms with E-state index < -0.39 is 0 Å². The SMILES string of the molecule is Cc1nc(SCc2nc3ccc(N)cc3o2)n[nH]1. The fourth-order valence-corrected chi connectivity index (χ4v) is 2.25. The van der Waals surface area contributed by atoms with Crippen LogP contribution in [0.5, 0.6) is 0 Å². The molecule has 1 aromatic carbocycles. The highest BCUT2D eigenvalue weighted by molar-refractivity contribution is 7.98. The number of aromatic amines is 1. The molecule has 18 heavy (non-hydrogen) atoms. The molecule has 7 heteroatoms. The Kier molecular flexibility index (Phi) is 2.67. The molecule has 0 radical (unpaired) electrons. The van der Waals surface area contributed by atoms with Crippen LogP contribution in [0.1, 0.15) is 11.7 Å². The molecule has 0 unspecified atom stereocenters. The number of oxazole rings is 1. The van der Waals surface area contributed by atoms with Gasteiger partial charge in [-0.2, -0.15) is 0 Å². The number of fused-ring (bicyclic) bond motifs is 1. The molecule has 0 spiro atoms. The third kappa shape index (κ3) is 2.17. The first kappa shape index (κ1) is 11.1. The van der Waals surface area contributed by atoms with E-state index in [-0.39, 0.29) is 0 Å². The van der Waals surface area contributed by atoms with Crippen molar-refractivity contribution in [3.63, 3.8) is 0 Å². The first-order chi connectivity index (χ1) is 8.70. The van der Waals surface area contributed by atoms with Crippen molar-refractivity contribution < 1.29 is 4.42 Å². The monoisotopic (exact) mass is 261 g/mol. The first-order valence-corrected chi connectivity index (χ1v) is 6.36. The van der Waals surface area contributed by atoms with Crippen molar-refractivity contribution in [3.05, 3.63) is 29.9 Å². The zero-order valence-corrected chi connectivity index (χ0v) is 10.5. The zero-order chi connectivity index (χ0) is 12.5. The molecule has 3 N–H and O–H groups in total. The Hall–Kier alpha value is -2.02. The van der Waals surface area contributed by atoms with E-state index in [2.05, 4.69) is 20.2 Å². The number of hydrogen-bond donors (Lipinski definition) is 2. The average molecular weight is 261 g/mol. The molecule has 2 heterocycles. The summed E-state index contributed by atoms with van der Waals surface area (Å²) < 4.78 is 5.60. The van der Waals surface area contributed by atoms with Crippen LogP contribution < -0.4 is 5.73 Å². The van der Waals surface area contributed by atoms with Gasteiger partial charge in [-0.15, -0.1) is 5.10 Å². The number of benzene rings is 1. The summed E-state index contributed by atoms with van der Waals surface area (Å²) in [5, 5.41) is 7.51. The van der Waals surface area contributed by atoms with E-state index in [0.717, 1.165) is 11.3 Å². The van der Waals surface area contributed by atoms with Gasteiger partial charge in [0.25, 0.3) is 0 Å². The highest BCUT2D eigenvalue weighted by atomic mass is 32.2. The smallest absolute Gasteiger partial charge is 0.208 e. The van der Waals surface area contributed by atoms with Crippen LogP contribution in [-0.2, 0) is 5.75 Å². The van der Waals surface area contributed by atoms with Gasteiger partial charge in [-0.05, 0) is 19.1 Å². The average Bonchev–Trinajstić information content (AvgIpc) is 2.92. The number of nitrogens with one attached hydrogen (secondary N) is 1. The van der Waals surface area contributed by atoms with Crippen molar-refractivity contribution in [2.45, 2.75) is 17.8 Å². The summed E-state index contributed by atoms with van der Waals surface area (Å²) in [5.41, 5.74) is 7.87. The second-order valence-corrected chi connectivity index (χ2v) is 4.77. The largest absolute Gasteiger partial charge is 0.440 e. The number of nitrogen functional groups attached to an aromatic ring is 1. The van der Waals surface area contributed by atoms with E-state index in [4.69, 9.17) is 10.2 Å². The molecule has 3 rings (SSSR count). The van der Waals surface area contributed by atoms with Crippen LogP contribution >= 0.6 is 11.8 Å². The number of nitrogens with zero attached hydrogens (tertiary/aromatic N) is 3. The third-order valence-electron chi connectivity index (χ3n) is 2.36. The molecule has 0 fully saturated rings. The molecular weight excluding hydrogens is 250 g/mol. The molecule has 2 aromatic heterocycles. The second kappa shape index (κ2) is 4.34. The van der Waals surface area contributed by atoms with E-state index in [1.165, 1.54) is 11.8 Å². The Labute approximate surface area is 107 Å². The van der Waals surface area contributed by atoms with E-state index in [1.807, 2.05) is 13.0 Å². The van der Waals surface area contributed by atoms with Crippen molar-refractivity contribution in [2.75, 3.05) is 5.73 Å². The summed E-state index contributed by atoms with van der Waals surface area (Å²) in [6.07, 6.45) is 0. The number of rotatable bonds is 3. The Morgan fingerprint density at radius 2 is 2.28 bits per heavy atom. The van der Waals surface area contributed by atoms with Gasteiger partial charge in [-0.25, -0.2) is 9.97 Å². The molecule has 0 amide bonds. The Balaban J connectivity index is 1.78. The third-order valence-corrected chi connectivity index (χ3v) is 3.19. The number of H-pyrrole nitrogens is 1. The van der Waals surface area contributed by atoms with Gasteiger partial charge in [0, 0.05) is 11.8 Å². The minimum Gasteiger partial charge on any atom is -0.440 e. The maximum atomic E-state index is 5.68. The van der Waals surface area contributed by atoms with Crippen LogP contribution in [-0.4, -0.2) is 20.2 Å². The van der Waals surface area contributed by atoms with Crippen LogP contribution in [0.3, 0.4) is 0 Å². The lowest BCUT2D eigenvalue weighted by Crippen LogP contribution is -1.82. The maximum Gasteiger partial charge on any atom is 0.208 e. The lowest BCUT2D eigenvalue weighted by molar-refractivity contribution is 0.556. The van der Waals surface area contributed by atoms with Crippen LogP contribution in [0.25, 0.3) is 11.1 Å². The van der Waals surface area contributed by atoms with Crippen molar-refractivity contribution in [3.8, 4) is 0 Å². The molecule has 0 atom stereocenters. The van der Waals surface area contributed by atoms with Gasteiger partial charge in [0.05, 0.1) is 5.75 Å². The number of aromatic nitrogens is 4. The standard InChI is InChI=1S/C11H11N5OS/c1-6-13-11(16-15-6)18-5-10-14-8-3-2-7(12)4-9(8)17-10/h2-4H,5,12H2,1H3,(H,13,15,16). The molecular formula is C11H11N5OS. The number of aryl methyl sites for hydroxylation is 1. The van der Waals surface area contributed by atoms with Gasteiger partial charge in [-0.1, -0.05) is 11.8 Å². The first-order valence-electron chi connectivity index (χ1n) is 5.37. The van der Waals surface area contributed by atoms with Crippen molar-refractivity contribution >= 4 is 28.5 Å². The molecule has 0 aliphatic carbocycles. The minimum atomic E-state index is 0.589. The van der Waals surface area contributed by atoms with Gasteiger partial charge >= 0.3 is 0 Å². The van der Waals surface area contributed by atoms with Crippen LogP contribution in [0.15, 0.2) is 27.8 Å². The molecule has 6 nitrogen and oxygen atoms in total. The minimum absolute atomic E-state index is 0.589. The zero-order valence-electron chi connectivity index (χ0n) is 9.67. The van der Waals surface area contributed by atoms with Crippen molar-refractivity contribution in [2.24, 2.45) is 0 Å². The van der Waals surface area contributed by atoms with E-state index >= 15 is 0 Å². The number of thioether (sulfide) groups is 1. The lowest BCUT2D eigenvalue weighted by Gasteiger charge is -1.90. The lowest BCUT2D eigenvalue weighted by atomic mass is 10.3. The van der Waals surface area contributed by atoms with Gasteiger partial charge in [0.1, 0.15) is 11.3 Å². The molecule has 0 bridgehead atoms. The predicted molar refractivity (Wildman–Crippen MR) is 69.1 cm³/mol. The van der Waals surface area contributed by atoms with E-state index in [9.17, 15) is 0 Å². The summed E-state index contributed by atoms with van der Waals surface area (Å²) in [6.45, 7) is 1.86. The quantitative estimate of drug-likeness (QED) is 0.554. The molecule has 0 aliphatic heterocycles. The van der Waals surface area contributed by atoms with Gasteiger partial charge in [0.15, 0.2) is 5.58 Å². The number of nitrogens with two attached hydrogens (primary N) is 1. The number of hydrogen-bond acceptors (Lipinski definition) is 6. The Morgan fingerprint density at radius 3 is 3.06 bits per heavy atom. The highest BCUT2D eigenvalue weighted by Gasteiger charge is 2.08. The van der Waals surface area contributed by atoms with Crippen molar-refractivity contribution in [1.82, 2.24) is 20.2 Å². The molecule has 92 valence electrons. The van der Waals surface area contributed by atoms with Crippen LogP contribution in [0.4, 0.5) is 5.69 Å². The van der Waals surface area contributed by atoms with E-state index in [1.54, 1.807) is 12.1 Å². The topological polar surface area (TPSA) is 93.6 Å². The van der Waals surface area contributed by atoms with Gasteiger partial charge < -0.3 is 10.2 Å². The van der Waals surface area contributed by atoms with Gasteiger partial charge in [-0.3, -0.25) is 5.10 Å². The summed E-state index contributed by atoms with van der Waals surface area (Å²) >= 11 is 1.47. The Bertz CT molecular complexity index is 690. The van der Waals surface area contributed by atoms with E-state index in [0.29, 0.717) is 28.1 Å². The van der Waals surface area contributed by atoms with Crippen LogP contribution in [0, 0.1) is 6.92 Å². The van der Waals surface area contributed by atoms with Crippen LogP contribution in [0.2, 0.25) is 0 Å².